The third-order valence-electron chi connectivity index (χ3n) is 5.45. The van der Waals surface area contributed by atoms with Gasteiger partial charge in [0.15, 0.2) is 0 Å². The highest BCUT2D eigenvalue weighted by Gasteiger charge is 2.37. The Bertz CT molecular complexity index is 333. The first kappa shape index (κ1) is 14.3. The van der Waals surface area contributed by atoms with Crippen LogP contribution in [0.3, 0.4) is 0 Å². The maximum absolute atomic E-state index is 12.6. The lowest BCUT2D eigenvalue weighted by Gasteiger charge is -2.36. The van der Waals surface area contributed by atoms with Gasteiger partial charge in [-0.1, -0.05) is 6.92 Å². The zero-order valence-electron chi connectivity index (χ0n) is 12.6. The molecule has 1 N–H and O–H groups in total. The number of amides is 1. The number of hydrogen-bond acceptors (Lipinski definition) is 3. The maximum Gasteiger partial charge on any atom is 0.228 e. The molecule has 3 aliphatic rings. The van der Waals surface area contributed by atoms with Crippen LogP contribution in [0.5, 0.6) is 0 Å². The Hall–Kier alpha value is -0.610. The largest absolute Gasteiger partial charge is 0.377 e. The second kappa shape index (κ2) is 6.44. The summed E-state index contributed by atoms with van der Waals surface area (Å²) in [6.07, 6.45) is 7.03. The summed E-state index contributed by atoms with van der Waals surface area (Å²) in [7, 11) is 0. The highest BCUT2D eigenvalue weighted by Crippen LogP contribution is 2.29. The standard InChI is InChI=1S/C16H28N2O2/c1-2-15-13(7-11-20-15)16(19)18-9-5-12(6-10-18)14-4-3-8-17-14/h12-15,17H,2-11H2,1H3. The van der Waals surface area contributed by atoms with Gasteiger partial charge in [0.25, 0.3) is 0 Å². The lowest BCUT2D eigenvalue weighted by atomic mass is 9.87. The van der Waals surface area contributed by atoms with E-state index in [0.717, 1.165) is 38.5 Å². The summed E-state index contributed by atoms with van der Waals surface area (Å²) >= 11 is 0. The molecule has 0 aromatic carbocycles. The summed E-state index contributed by atoms with van der Waals surface area (Å²) in [6.45, 7) is 5.97. The second-order valence-electron chi connectivity index (χ2n) is 6.58. The minimum Gasteiger partial charge on any atom is -0.377 e. The van der Waals surface area contributed by atoms with Gasteiger partial charge in [-0.25, -0.2) is 0 Å². The first-order valence-corrected chi connectivity index (χ1v) is 8.43. The van der Waals surface area contributed by atoms with E-state index in [2.05, 4.69) is 17.1 Å². The maximum atomic E-state index is 12.6. The predicted molar refractivity (Wildman–Crippen MR) is 78.5 cm³/mol. The molecule has 0 bridgehead atoms. The van der Waals surface area contributed by atoms with Crippen LogP contribution >= 0.6 is 0 Å². The smallest absolute Gasteiger partial charge is 0.228 e. The van der Waals surface area contributed by atoms with Gasteiger partial charge < -0.3 is 15.0 Å². The van der Waals surface area contributed by atoms with Crippen LogP contribution in [-0.2, 0) is 9.53 Å². The lowest BCUT2D eigenvalue weighted by Crippen LogP contribution is -2.46. The zero-order chi connectivity index (χ0) is 13.9. The van der Waals surface area contributed by atoms with Crippen LogP contribution in [0.4, 0.5) is 0 Å². The highest BCUT2D eigenvalue weighted by molar-refractivity contribution is 5.79. The number of ether oxygens (including phenoxy) is 1. The van der Waals surface area contributed by atoms with E-state index in [4.69, 9.17) is 4.74 Å². The summed E-state index contributed by atoms with van der Waals surface area (Å²) in [5.41, 5.74) is 0. The Morgan fingerprint density at radius 1 is 1.25 bits per heavy atom. The summed E-state index contributed by atoms with van der Waals surface area (Å²) in [5.74, 6) is 1.26. The molecule has 0 spiro atoms. The van der Waals surface area contributed by atoms with Crippen molar-refractivity contribution in [3.8, 4) is 0 Å². The number of nitrogens with zero attached hydrogens (tertiary/aromatic N) is 1. The van der Waals surface area contributed by atoms with Crippen molar-refractivity contribution < 1.29 is 9.53 Å². The minimum absolute atomic E-state index is 0.126. The van der Waals surface area contributed by atoms with Gasteiger partial charge in [0.1, 0.15) is 0 Å². The Morgan fingerprint density at radius 2 is 2.05 bits per heavy atom. The Balaban J connectivity index is 1.51. The zero-order valence-corrected chi connectivity index (χ0v) is 12.6. The molecule has 3 rings (SSSR count). The molecule has 3 atom stereocenters. The third-order valence-corrected chi connectivity index (χ3v) is 5.45. The number of carbonyl (C=O) groups excluding carboxylic acids is 1. The number of carbonyl (C=O) groups is 1. The van der Waals surface area contributed by atoms with E-state index in [1.165, 1.54) is 32.2 Å². The Labute approximate surface area is 122 Å². The number of rotatable bonds is 3. The van der Waals surface area contributed by atoms with Crippen molar-refractivity contribution in [3.05, 3.63) is 0 Å². The fourth-order valence-electron chi connectivity index (χ4n) is 4.20. The van der Waals surface area contributed by atoms with E-state index in [0.29, 0.717) is 11.9 Å². The Morgan fingerprint density at radius 3 is 2.70 bits per heavy atom. The van der Waals surface area contributed by atoms with Gasteiger partial charge >= 0.3 is 0 Å². The molecule has 0 aromatic heterocycles. The average molecular weight is 280 g/mol. The molecule has 20 heavy (non-hydrogen) atoms. The monoisotopic (exact) mass is 280 g/mol. The first-order valence-electron chi connectivity index (χ1n) is 8.43. The molecule has 114 valence electrons. The van der Waals surface area contributed by atoms with Gasteiger partial charge in [-0.15, -0.1) is 0 Å². The molecule has 0 aromatic rings. The number of nitrogens with one attached hydrogen (secondary N) is 1. The molecule has 3 aliphatic heterocycles. The number of piperidine rings is 1. The van der Waals surface area contributed by atoms with E-state index in [9.17, 15) is 4.79 Å². The summed E-state index contributed by atoms with van der Waals surface area (Å²) in [5, 5.41) is 3.62. The first-order chi connectivity index (χ1) is 9.79. The van der Waals surface area contributed by atoms with Gasteiger partial charge in [-0.2, -0.15) is 0 Å². The molecule has 0 saturated carbocycles. The molecule has 3 fully saturated rings. The van der Waals surface area contributed by atoms with Crippen molar-refractivity contribution in [2.24, 2.45) is 11.8 Å². The van der Waals surface area contributed by atoms with Crippen LogP contribution in [-0.4, -0.2) is 49.2 Å². The fourth-order valence-corrected chi connectivity index (χ4v) is 4.20. The molecule has 3 saturated heterocycles. The van der Waals surface area contributed by atoms with Crippen molar-refractivity contribution in [2.75, 3.05) is 26.2 Å². The van der Waals surface area contributed by atoms with E-state index in [1.54, 1.807) is 0 Å². The predicted octanol–water partition coefficient (Wildman–Crippen LogP) is 1.79. The van der Waals surface area contributed by atoms with E-state index < -0.39 is 0 Å². The summed E-state index contributed by atoms with van der Waals surface area (Å²) < 4.78 is 5.67. The van der Waals surface area contributed by atoms with Gasteiger partial charge in [-0.3, -0.25) is 4.79 Å². The SMILES string of the molecule is CCC1OCCC1C(=O)N1CCC(C2CCCN2)CC1. The molecule has 1 amide bonds. The topological polar surface area (TPSA) is 41.6 Å². The fraction of sp³-hybridized carbons (Fsp3) is 0.938. The molecular weight excluding hydrogens is 252 g/mol. The van der Waals surface area contributed by atoms with Crippen LogP contribution in [0.2, 0.25) is 0 Å². The Kier molecular flexibility index (Phi) is 4.61. The van der Waals surface area contributed by atoms with Crippen molar-refractivity contribution in [2.45, 2.75) is 57.6 Å². The van der Waals surface area contributed by atoms with Crippen LogP contribution in [0.1, 0.15) is 45.4 Å². The van der Waals surface area contributed by atoms with Crippen molar-refractivity contribution in [1.82, 2.24) is 10.2 Å². The summed E-state index contributed by atoms with van der Waals surface area (Å²) in [6, 6.07) is 0.713. The van der Waals surface area contributed by atoms with Crippen LogP contribution in [0.25, 0.3) is 0 Å². The van der Waals surface area contributed by atoms with Crippen LogP contribution in [0, 0.1) is 11.8 Å². The van der Waals surface area contributed by atoms with Crippen molar-refractivity contribution >= 4 is 5.91 Å². The van der Waals surface area contributed by atoms with E-state index in [-0.39, 0.29) is 12.0 Å². The number of hydrogen-bond donors (Lipinski definition) is 1. The van der Waals surface area contributed by atoms with E-state index in [1.807, 2.05) is 0 Å². The quantitative estimate of drug-likeness (QED) is 0.857. The molecule has 4 heteroatoms. The highest BCUT2D eigenvalue weighted by atomic mass is 16.5. The molecule has 0 radical (unpaired) electrons. The molecule has 0 aliphatic carbocycles. The average Bonchev–Trinajstić information content (AvgIpc) is 3.17. The van der Waals surface area contributed by atoms with Gasteiger partial charge in [0.05, 0.1) is 12.0 Å². The van der Waals surface area contributed by atoms with Gasteiger partial charge in [0.2, 0.25) is 5.91 Å². The van der Waals surface area contributed by atoms with Crippen molar-refractivity contribution in [1.29, 1.82) is 0 Å². The van der Waals surface area contributed by atoms with Crippen molar-refractivity contribution in [3.63, 3.8) is 0 Å². The van der Waals surface area contributed by atoms with Crippen LogP contribution in [0.15, 0.2) is 0 Å². The molecule has 4 nitrogen and oxygen atoms in total. The van der Waals surface area contributed by atoms with Gasteiger partial charge in [0, 0.05) is 25.7 Å². The third kappa shape index (κ3) is 2.86. The normalized spacial score (nSPS) is 35.6. The molecule has 3 heterocycles. The molecule has 3 unspecified atom stereocenters. The lowest BCUT2D eigenvalue weighted by molar-refractivity contribution is -0.138. The summed E-state index contributed by atoms with van der Waals surface area (Å²) in [4.78, 5) is 14.7. The van der Waals surface area contributed by atoms with E-state index >= 15 is 0 Å². The van der Waals surface area contributed by atoms with Crippen LogP contribution < -0.4 is 5.32 Å². The number of likely N-dealkylation sites (tertiary alicyclic amines) is 1. The second-order valence-corrected chi connectivity index (χ2v) is 6.58. The van der Waals surface area contributed by atoms with Gasteiger partial charge in [-0.05, 0) is 51.0 Å². The molecular formula is C16H28N2O2. The minimum atomic E-state index is 0.126.